The van der Waals surface area contributed by atoms with E-state index in [1.807, 2.05) is 24.3 Å². The molecule has 2 heterocycles. The maximum atomic E-state index is 12.6. The Morgan fingerprint density at radius 2 is 1.69 bits per heavy atom. The fourth-order valence-electron chi connectivity index (χ4n) is 3.16. The first kappa shape index (κ1) is 25.2. The molecule has 2 N–H and O–H groups in total. The summed E-state index contributed by atoms with van der Waals surface area (Å²) < 4.78 is 38.7. The topological polar surface area (TPSA) is 123 Å². The number of sulfonamides is 1. The van der Waals surface area contributed by atoms with E-state index < -0.39 is 15.9 Å². The predicted octanol–water partition coefficient (Wildman–Crippen LogP) is 5.48. The Hall–Kier alpha value is -3.89. The summed E-state index contributed by atoms with van der Waals surface area (Å²) in [5.41, 5.74) is 1.61. The van der Waals surface area contributed by atoms with Crippen molar-refractivity contribution in [2.75, 3.05) is 10.0 Å². The summed E-state index contributed by atoms with van der Waals surface area (Å²) >= 11 is 5.66. The summed E-state index contributed by atoms with van der Waals surface area (Å²) in [7, 11) is -3.90. The van der Waals surface area contributed by atoms with Gasteiger partial charge in [-0.25, -0.2) is 8.42 Å². The van der Waals surface area contributed by atoms with Crippen LogP contribution < -0.4 is 14.8 Å². The van der Waals surface area contributed by atoms with E-state index in [0.717, 1.165) is 0 Å². The summed E-state index contributed by atoms with van der Waals surface area (Å²) in [6.45, 7) is 4.42. The molecule has 36 heavy (non-hydrogen) atoms. The quantitative estimate of drug-likeness (QED) is 0.296. The number of nitrogens with zero attached hydrogens (tertiary/aromatic N) is 2. The molecule has 0 spiro atoms. The Balaban J connectivity index is 1.33. The van der Waals surface area contributed by atoms with Gasteiger partial charge in [0, 0.05) is 5.69 Å². The van der Waals surface area contributed by atoms with Gasteiger partial charge in [-0.15, -0.1) is 10.2 Å². The molecule has 0 aliphatic carbocycles. The van der Waals surface area contributed by atoms with Crippen LogP contribution in [0.1, 0.15) is 41.6 Å². The Bertz CT molecular complexity index is 1440. The summed E-state index contributed by atoms with van der Waals surface area (Å²) in [4.78, 5) is 12.5. The molecule has 0 fully saturated rings. The lowest BCUT2D eigenvalue weighted by Crippen LogP contribution is -2.15. The number of nitrogens with one attached hydrogen (secondary N) is 2. The molecule has 0 bridgehead atoms. The summed E-state index contributed by atoms with van der Waals surface area (Å²) in [6, 6.07) is 19.5. The van der Waals surface area contributed by atoms with Crippen LogP contribution in [0.3, 0.4) is 0 Å². The minimum atomic E-state index is -3.90. The van der Waals surface area contributed by atoms with Crippen LogP contribution in [0.25, 0.3) is 0 Å². The molecule has 4 rings (SSSR count). The van der Waals surface area contributed by atoms with Crippen LogP contribution in [0.15, 0.2) is 82.1 Å². The molecule has 0 aliphatic rings. The number of carbonyl (C=O) groups excluding carboxylic acids is 1. The Kier molecular flexibility index (Phi) is 7.56. The van der Waals surface area contributed by atoms with Gasteiger partial charge in [0.15, 0.2) is 16.7 Å². The minimum absolute atomic E-state index is 0.0175. The lowest BCUT2D eigenvalue weighted by atomic mass is 10.0. The minimum Gasteiger partial charge on any atom is -0.486 e. The smallest absolute Gasteiger partial charge is 0.291 e. The summed E-state index contributed by atoms with van der Waals surface area (Å²) in [6.07, 6.45) is 0. The molecule has 0 radical (unpaired) electrons. The molecule has 2 aromatic heterocycles. The highest BCUT2D eigenvalue weighted by molar-refractivity contribution is 7.92. The number of ether oxygens (including phenoxy) is 1. The van der Waals surface area contributed by atoms with Crippen LogP contribution in [-0.2, 0) is 16.6 Å². The van der Waals surface area contributed by atoms with E-state index in [1.165, 1.54) is 42.0 Å². The molecule has 0 saturated carbocycles. The molecule has 9 nitrogen and oxygen atoms in total. The number of anilines is 2. The van der Waals surface area contributed by atoms with E-state index in [1.54, 1.807) is 12.1 Å². The summed E-state index contributed by atoms with van der Waals surface area (Å²) in [5, 5.41) is 10.1. The molecule has 0 aliphatic heterocycles. The van der Waals surface area contributed by atoms with Gasteiger partial charge in [-0.2, -0.15) is 0 Å². The monoisotopic (exact) mass is 526 g/mol. The predicted molar refractivity (Wildman–Crippen MR) is 136 cm³/mol. The van der Waals surface area contributed by atoms with Gasteiger partial charge in [-0.3, -0.25) is 9.52 Å². The van der Waals surface area contributed by atoms with Crippen molar-refractivity contribution in [2.24, 2.45) is 0 Å². The fraction of sp³-hybridized carbons (Fsp3) is 0.160. The number of benzene rings is 2. The molecule has 186 valence electrons. The normalized spacial score (nSPS) is 11.3. The van der Waals surface area contributed by atoms with E-state index in [-0.39, 0.29) is 28.2 Å². The zero-order chi connectivity index (χ0) is 25.7. The van der Waals surface area contributed by atoms with Gasteiger partial charge >= 0.3 is 0 Å². The van der Waals surface area contributed by atoms with Crippen molar-refractivity contribution in [3.63, 3.8) is 0 Å². The highest BCUT2D eigenvalue weighted by atomic mass is 35.5. The van der Waals surface area contributed by atoms with E-state index in [4.69, 9.17) is 20.8 Å². The number of halogens is 1. The van der Waals surface area contributed by atoms with Gasteiger partial charge < -0.3 is 14.5 Å². The zero-order valence-corrected chi connectivity index (χ0v) is 21.0. The van der Waals surface area contributed by atoms with E-state index in [0.29, 0.717) is 23.1 Å². The molecule has 1 amide bonds. The molecule has 2 aromatic carbocycles. The first-order valence-corrected chi connectivity index (χ1v) is 12.8. The molecular formula is C25H23ClN4O5S. The Labute approximate surface area is 213 Å². The van der Waals surface area contributed by atoms with E-state index in [2.05, 4.69) is 34.1 Å². The van der Waals surface area contributed by atoms with Crippen molar-refractivity contribution in [3.05, 3.63) is 95.0 Å². The van der Waals surface area contributed by atoms with Crippen LogP contribution in [0, 0.1) is 0 Å². The van der Waals surface area contributed by atoms with Crippen LogP contribution >= 0.6 is 11.6 Å². The van der Waals surface area contributed by atoms with E-state index in [9.17, 15) is 13.2 Å². The number of hydrogen-bond acceptors (Lipinski definition) is 7. The highest BCUT2D eigenvalue weighted by Crippen LogP contribution is 2.21. The second-order valence-corrected chi connectivity index (χ2v) is 10.2. The van der Waals surface area contributed by atoms with Crippen molar-refractivity contribution in [3.8, 4) is 5.75 Å². The number of furan rings is 1. The Morgan fingerprint density at radius 3 is 2.33 bits per heavy atom. The van der Waals surface area contributed by atoms with Crippen molar-refractivity contribution in [2.45, 2.75) is 31.3 Å². The molecule has 4 aromatic rings. The average Bonchev–Trinajstić information content (AvgIpc) is 3.34. The Morgan fingerprint density at radius 1 is 0.972 bits per heavy atom. The third-order valence-electron chi connectivity index (χ3n) is 5.11. The molecule has 0 atom stereocenters. The molecular weight excluding hydrogens is 504 g/mol. The average molecular weight is 527 g/mol. The first-order valence-electron chi connectivity index (χ1n) is 10.9. The third kappa shape index (κ3) is 6.41. The van der Waals surface area contributed by atoms with Crippen molar-refractivity contribution in [1.29, 1.82) is 0 Å². The van der Waals surface area contributed by atoms with Gasteiger partial charge in [0.25, 0.3) is 15.9 Å². The largest absolute Gasteiger partial charge is 0.486 e. The second-order valence-electron chi connectivity index (χ2n) is 8.10. The molecule has 0 saturated heterocycles. The van der Waals surface area contributed by atoms with Crippen molar-refractivity contribution >= 4 is 39.0 Å². The number of hydrogen-bond donors (Lipinski definition) is 2. The second kappa shape index (κ2) is 10.8. The van der Waals surface area contributed by atoms with Gasteiger partial charge in [-0.05, 0) is 72.1 Å². The number of rotatable bonds is 9. The van der Waals surface area contributed by atoms with Gasteiger partial charge in [0.1, 0.15) is 18.1 Å². The van der Waals surface area contributed by atoms with Crippen LogP contribution in [0.4, 0.5) is 11.5 Å². The number of carbonyl (C=O) groups is 1. The lowest BCUT2D eigenvalue weighted by Gasteiger charge is -2.08. The maximum absolute atomic E-state index is 12.6. The zero-order valence-electron chi connectivity index (χ0n) is 19.4. The standard InChI is InChI=1S/C25H23ClN4O5S/c1-16(2)17-3-7-19(8-4-17)34-15-20-9-12-22(35-20)25(31)27-18-5-10-21(11-6-18)36(32,33)30-24-14-13-23(26)28-29-24/h3-14,16H,15H2,1-2H3,(H,27,31)(H,29,30). The highest BCUT2D eigenvalue weighted by Gasteiger charge is 2.16. The lowest BCUT2D eigenvalue weighted by molar-refractivity contribution is 0.0992. The SMILES string of the molecule is CC(C)c1ccc(OCc2ccc(C(=O)Nc3ccc(S(=O)(=O)Nc4ccc(Cl)nn4)cc3)o2)cc1. The summed E-state index contributed by atoms with van der Waals surface area (Å²) in [5.74, 6) is 1.28. The van der Waals surface area contributed by atoms with Crippen LogP contribution in [0.5, 0.6) is 5.75 Å². The molecule has 11 heteroatoms. The number of amides is 1. The van der Waals surface area contributed by atoms with Crippen LogP contribution in [0.2, 0.25) is 5.15 Å². The van der Waals surface area contributed by atoms with Gasteiger partial charge in [-0.1, -0.05) is 37.6 Å². The van der Waals surface area contributed by atoms with E-state index >= 15 is 0 Å². The maximum Gasteiger partial charge on any atom is 0.291 e. The van der Waals surface area contributed by atoms with Crippen molar-refractivity contribution in [1.82, 2.24) is 10.2 Å². The third-order valence-corrected chi connectivity index (χ3v) is 6.68. The number of aromatic nitrogens is 2. The molecule has 0 unspecified atom stereocenters. The first-order chi connectivity index (χ1) is 17.2. The van der Waals surface area contributed by atoms with Crippen LogP contribution in [-0.4, -0.2) is 24.5 Å². The van der Waals surface area contributed by atoms with Crippen molar-refractivity contribution < 1.29 is 22.4 Å². The van der Waals surface area contributed by atoms with Gasteiger partial charge in [0.2, 0.25) is 0 Å². The fourth-order valence-corrected chi connectivity index (χ4v) is 4.26. The van der Waals surface area contributed by atoms with Gasteiger partial charge in [0.05, 0.1) is 4.90 Å².